The van der Waals surface area contributed by atoms with Crippen LogP contribution in [-0.4, -0.2) is 19.0 Å². The molecule has 0 bridgehead atoms. The number of carbonyl (C=O) groups excluding carboxylic acids is 2. The van der Waals surface area contributed by atoms with Gasteiger partial charge in [0.1, 0.15) is 0 Å². The maximum atomic E-state index is 11.7. The monoisotopic (exact) mass is 263 g/mol. The van der Waals surface area contributed by atoms with E-state index in [-0.39, 0.29) is 11.9 Å². The van der Waals surface area contributed by atoms with Crippen LogP contribution in [0.3, 0.4) is 0 Å². The van der Waals surface area contributed by atoms with Crippen molar-refractivity contribution in [1.29, 1.82) is 0 Å². The Bertz CT molecular complexity index is 429. The number of aryl methyl sites for hydroxylation is 1. The molecule has 0 aliphatic carbocycles. The van der Waals surface area contributed by atoms with Gasteiger partial charge >= 0.3 is 5.97 Å². The number of hydrogen-bond donors (Lipinski definition) is 1. The Kier molecular flexibility index (Phi) is 6.64. The van der Waals surface area contributed by atoms with Crippen LogP contribution in [0.5, 0.6) is 0 Å². The molecule has 0 aliphatic rings. The van der Waals surface area contributed by atoms with E-state index in [1.807, 2.05) is 31.2 Å². The number of anilines is 1. The minimum atomic E-state index is -0.190. The number of para-hydroxylation sites is 1. The average molecular weight is 263 g/mol. The van der Waals surface area contributed by atoms with E-state index in [1.165, 1.54) is 7.11 Å². The minimum Gasteiger partial charge on any atom is -0.469 e. The van der Waals surface area contributed by atoms with E-state index in [9.17, 15) is 9.59 Å². The van der Waals surface area contributed by atoms with E-state index in [1.54, 1.807) is 0 Å². The van der Waals surface area contributed by atoms with Gasteiger partial charge in [0.05, 0.1) is 7.11 Å². The Morgan fingerprint density at radius 1 is 1.11 bits per heavy atom. The number of amides is 1. The van der Waals surface area contributed by atoms with Crippen molar-refractivity contribution in [2.75, 3.05) is 12.4 Å². The zero-order valence-corrected chi connectivity index (χ0v) is 11.6. The fourth-order valence-corrected chi connectivity index (χ4v) is 1.76. The zero-order valence-electron chi connectivity index (χ0n) is 11.6. The summed E-state index contributed by atoms with van der Waals surface area (Å²) in [4.78, 5) is 22.6. The molecule has 19 heavy (non-hydrogen) atoms. The quantitative estimate of drug-likeness (QED) is 0.607. The van der Waals surface area contributed by atoms with Gasteiger partial charge in [-0.2, -0.15) is 0 Å². The summed E-state index contributed by atoms with van der Waals surface area (Å²) in [6, 6.07) is 7.70. The van der Waals surface area contributed by atoms with E-state index in [0.717, 1.165) is 30.5 Å². The number of hydrogen-bond acceptors (Lipinski definition) is 3. The highest BCUT2D eigenvalue weighted by atomic mass is 16.5. The number of benzene rings is 1. The molecule has 1 N–H and O–H groups in total. The average Bonchev–Trinajstić information content (AvgIpc) is 2.40. The van der Waals surface area contributed by atoms with Crippen LogP contribution in [0, 0.1) is 6.92 Å². The Labute approximate surface area is 114 Å². The fourth-order valence-electron chi connectivity index (χ4n) is 1.76. The van der Waals surface area contributed by atoms with Gasteiger partial charge in [-0.3, -0.25) is 9.59 Å². The number of carbonyl (C=O) groups is 2. The van der Waals surface area contributed by atoms with E-state index >= 15 is 0 Å². The van der Waals surface area contributed by atoms with E-state index < -0.39 is 0 Å². The first-order valence-electron chi connectivity index (χ1n) is 6.56. The van der Waals surface area contributed by atoms with Crippen molar-refractivity contribution in [3.63, 3.8) is 0 Å². The Morgan fingerprint density at radius 2 is 1.79 bits per heavy atom. The third kappa shape index (κ3) is 6.04. The second-order valence-corrected chi connectivity index (χ2v) is 4.50. The highest BCUT2D eigenvalue weighted by molar-refractivity contribution is 5.91. The van der Waals surface area contributed by atoms with Crippen molar-refractivity contribution in [3.05, 3.63) is 29.8 Å². The summed E-state index contributed by atoms with van der Waals surface area (Å²) in [5, 5.41) is 2.89. The van der Waals surface area contributed by atoms with Crippen LogP contribution >= 0.6 is 0 Å². The molecule has 1 amide bonds. The molecule has 0 saturated carbocycles. The summed E-state index contributed by atoms with van der Waals surface area (Å²) >= 11 is 0. The zero-order chi connectivity index (χ0) is 14.1. The summed E-state index contributed by atoms with van der Waals surface area (Å²) in [6.07, 6.45) is 3.32. The predicted octanol–water partition coefficient (Wildman–Crippen LogP) is 3.06. The van der Waals surface area contributed by atoms with Gasteiger partial charge in [-0.1, -0.05) is 24.6 Å². The summed E-state index contributed by atoms with van der Waals surface area (Å²) in [6.45, 7) is 1.96. The van der Waals surface area contributed by atoms with Crippen molar-refractivity contribution in [3.8, 4) is 0 Å². The summed E-state index contributed by atoms with van der Waals surface area (Å²) in [5.41, 5.74) is 1.92. The van der Waals surface area contributed by atoms with Crippen molar-refractivity contribution in [1.82, 2.24) is 0 Å². The first-order valence-corrected chi connectivity index (χ1v) is 6.56. The summed E-state index contributed by atoms with van der Waals surface area (Å²) in [5.74, 6) is -0.170. The molecule has 4 heteroatoms. The van der Waals surface area contributed by atoms with Crippen LogP contribution in [0.25, 0.3) is 0 Å². The molecule has 0 saturated heterocycles. The van der Waals surface area contributed by atoms with E-state index in [2.05, 4.69) is 10.1 Å². The van der Waals surface area contributed by atoms with Gasteiger partial charge in [0.25, 0.3) is 0 Å². The number of ether oxygens (including phenoxy) is 1. The Balaban J connectivity index is 2.18. The highest BCUT2D eigenvalue weighted by Gasteiger charge is 2.05. The molecule has 0 spiro atoms. The molecular formula is C15H21NO3. The van der Waals surface area contributed by atoms with Gasteiger partial charge in [-0.05, 0) is 31.4 Å². The Hall–Kier alpha value is -1.84. The second kappa shape index (κ2) is 8.29. The van der Waals surface area contributed by atoms with Crippen molar-refractivity contribution in [2.24, 2.45) is 0 Å². The van der Waals surface area contributed by atoms with Gasteiger partial charge in [-0.15, -0.1) is 0 Å². The van der Waals surface area contributed by atoms with Crippen LogP contribution in [0.2, 0.25) is 0 Å². The Morgan fingerprint density at radius 3 is 2.47 bits per heavy atom. The number of esters is 1. The molecule has 0 unspecified atom stereocenters. The first-order chi connectivity index (χ1) is 9.13. The highest BCUT2D eigenvalue weighted by Crippen LogP contribution is 2.14. The largest absolute Gasteiger partial charge is 0.469 e. The molecule has 1 aromatic rings. The predicted molar refractivity (Wildman–Crippen MR) is 74.9 cm³/mol. The molecular weight excluding hydrogens is 242 g/mol. The van der Waals surface area contributed by atoms with Gasteiger partial charge in [0.15, 0.2) is 0 Å². The smallest absolute Gasteiger partial charge is 0.305 e. The lowest BCUT2D eigenvalue weighted by Gasteiger charge is -2.07. The number of rotatable bonds is 7. The topological polar surface area (TPSA) is 55.4 Å². The molecule has 104 valence electrons. The number of methoxy groups -OCH3 is 1. The van der Waals surface area contributed by atoms with Crippen LogP contribution in [0.15, 0.2) is 24.3 Å². The van der Waals surface area contributed by atoms with Gasteiger partial charge in [0.2, 0.25) is 5.91 Å². The molecule has 1 aromatic carbocycles. The molecule has 1 rings (SSSR count). The third-order valence-corrected chi connectivity index (χ3v) is 2.93. The maximum absolute atomic E-state index is 11.7. The lowest BCUT2D eigenvalue weighted by Crippen LogP contribution is -2.12. The van der Waals surface area contributed by atoms with E-state index in [0.29, 0.717) is 12.8 Å². The molecule has 0 heterocycles. The van der Waals surface area contributed by atoms with Crippen LogP contribution < -0.4 is 5.32 Å². The van der Waals surface area contributed by atoms with Gasteiger partial charge in [0, 0.05) is 18.5 Å². The van der Waals surface area contributed by atoms with Crippen LogP contribution in [-0.2, 0) is 14.3 Å². The number of nitrogens with one attached hydrogen (secondary N) is 1. The molecule has 0 aliphatic heterocycles. The minimum absolute atomic E-state index is 0.0207. The molecule has 0 atom stereocenters. The normalized spacial score (nSPS) is 10.0. The van der Waals surface area contributed by atoms with Crippen LogP contribution in [0.4, 0.5) is 5.69 Å². The fraction of sp³-hybridized carbons (Fsp3) is 0.467. The van der Waals surface area contributed by atoms with Crippen LogP contribution in [0.1, 0.15) is 37.7 Å². The van der Waals surface area contributed by atoms with Crippen molar-refractivity contribution >= 4 is 17.6 Å². The maximum Gasteiger partial charge on any atom is 0.305 e. The van der Waals surface area contributed by atoms with E-state index in [4.69, 9.17) is 0 Å². The summed E-state index contributed by atoms with van der Waals surface area (Å²) in [7, 11) is 1.39. The third-order valence-electron chi connectivity index (χ3n) is 2.93. The van der Waals surface area contributed by atoms with Gasteiger partial charge < -0.3 is 10.1 Å². The first kappa shape index (κ1) is 15.2. The lowest BCUT2D eigenvalue weighted by atomic mass is 10.1. The summed E-state index contributed by atoms with van der Waals surface area (Å²) < 4.78 is 4.55. The molecule has 0 fully saturated rings. The van der Waals surface area contributed by atoms with Crippen molar-refractivity contribution in [2.45, 2.75) is 39.0 Å². The number of unbranched alkanes of at least 4 members (excludes halogenated alkanes) is 2. The second-order valence-electron chi connectivity index (χ2n) is 4.50. The standard InChI is InChI=1S/C15H21NO3/c1-12-8-6-7-9-13(12)16-14(17)10-4-3-5-11-15(18)19-2/h6-9H,3-5,10-11H2,1-2H3,(H,16,17). The van der Waals surface area contributed by atoms with Crippen molar-refractivity contribution < 1.29 is 14.3 Å². The SMILES string of the molecule is COC(=O)CCCCCC(=O)Nc1ccccc1C. The van der Waals surface area contributed by atoms with Gasteiger partial charge in [-0.25, -0.2) is 0 Å². The molecule has 4 nitrogen and oxygen atoms in total. The molecule has 0 aromatic heterocycles. The lowest BCUT2D eigenvalue weighted by molar-refractivity contribution is -0.140. The molecule has 0 radical (unpaired) electrons.